The van der Waals surface area contributed by atoms with E-state index in [-0.39, 0.29) is 11.4 Å². The number of fused-ring (bicyclic) bond motifs is 4. The Labute approximate surface area is 171 Å². The van der Waals surface area contributed by atoms with Crippen LogP contribution in [0, 0.1) is 0 Å². The van der Waals surface area contributed by atoms with Gasteiger partial charge in [-0.3, -0.25) is 9.89 Å². The van der Waals surface area contributed by atoms with Crippen LogP contribution in [0.3, 0.4) is 0 Å². The lowest BCUT2D eigenvalue weighted by Crippen LogP contribution is -2.63. The number of piperidine rings is 1. The predicted molar refractivity (Wildman–Crippen MR) is 115 cm³/mol. The molecule has 0 unspecified atom stereocenters. The summed E-state index contributed by atoms with van der Waals surface area (Å²) in [7, 11) is 0. The maximum absolute atomic E-state index is 9.94. The van der Waals surface area contributed by atoms with Gasteiger partial charge in [-0.2, -0.15) is 0 Å². The molecular formula is C23H28N4O2. The van der Waals surface area contributed by atoms with Crippen LogP contribution in [-0.4, -0.2) is 59.2 Å². The second-order valence-corrected chi connectivity index (χ2v) is 8.07. The van der Waals surface area contributed by atoms with Crippen LogP contribution in [0.25, 0.3) is 0 Å². The Morgan fingerprint density at radius 1 is 1.14 bits per heavy atom. The van der Waals surface area contributed by atoms with E-state index in [1.165, 1.54) is 16.8 Å². The molecule has 152 valence electrons. The normalized spacial score (nSPS) is 20.0. The summed E-state index contributed by atoms with van der Waals surface area (Å²) in [6, 6.07) is 14.2. The fourth-order valence-electron chi connectivity index (χ4n) is 4.86. The van der Waals surface area contributed by atoms with E-state index >= 15 is 0 Å². The smallest absolute Gasteiger partial charge is 0.161 e. The van der Waals surface area contributed by atoms with Gasteiger partial charge in [0.1, 0.15) is 11.5 Å². The van der Waals surface area contributed by atoms with Crippen LogP contribution in [-0.2, 0) is 6.54 Å². The third-order valence-electron chi connectivity index (χ3n) is 6.31. The Morgan fingerprint density at radius 2 is 1.97 bits per heavy atom. The number of nitrogens with zero attached hydrogens (tertiary/aromatic N) is 3. The van der Waals surface area contributed by atoms with E-state index in [2.05, 4.69) is 39.4 Å². The summed E-state index contributed by atoms with van der Waals surface area (Å²) in [6.45, 7) is 7.26. The molecule has 3 aliphatic heterocycles. The first kappa shape index (κ1) is 18.3. The van der Waals surface area contributed by atoms with Crippen LogP contribution in [0.2, 0.25) is 0 Å². The van der Waals surface area contributed by atoms with Gasteiger partial charge in [0.2, 0.25) is 0 Å². The highest BCUT2D eigenvalue weighted by molar-refractivity contribution is 6.06. The number of amidine groups is 1. The molecule has 5 rings (SSSR count). The van der Waals surface area contributed by atoms with Gasteiger partial charge in [-0.15, -0.1) is 0 Å². The van der Waals surface area contributed by atoms with Gasteiger partial charge in [0, 0.05) is 50.3 Å². The van der Waals surface area contributed by atoms with E-state index in [1.807, 2.05) is 19.1 Å². The molecule has 0 bridgehead atoms. The average molecular weight is 393 g/mol. The zero-order valence-corrected chi connectivity index (χ0v) is 16.9. The molecule has 1 fully saturated rings. The molecular weight excluding hydrogens is 364 g/mol. The lowest BCUT2D eigenvalue weighted by Gasteiger charge is -2.52. The summed E-state index contributed by atoms with van der Waals surface area (Å²) < 4.78 is 5.54. The molecule has 2 N–H and O–H groups in total. The topological polar surface area (TPSA) is 60.3 Å². The molecule has 2 aromatic rings. The maximum atomic E-state index is 9.94. The van der Waals surface area contributed by atoms with Crippen LogP contribution >= 0.6 is 0 Å². The molecule has 0 aliphatic carbocycles. The fourth-order valence-corrected chi connectivity index (χ4v) is 4.86. The van der Waals surface area contributed by atoms with Crippen LogP contribution in [0.5, 0.6) is 11.5 Å². The van der Waals surface area contributed by atoms with Gasteiger partial charge in [-0.05, 0) is 36.8 Å². The third-order valence-corrected chi connectivity index (χ3v) is 6.31. The summed E-state index contributed by atoms with van der Waals surface area (Å²) in [4.78, 5) is 9.81. The van der Waals surface area contributed by atoms with Crippen molar-refractivity contribution in [1.29, 1.82) is 0 Å². The SMILES string of the molecule is CCOc1cc(CN2CCC3(CC2)Nc2ccccc2C2=NCCN23)ccc1O. The molecule has 0 saturated carbocycles. The highest BCUT2D eigenvalue weighted by Gasteiger charge is 2.46. The molecule has 3 aliphatic rings. The minimum Gasteiger partial charge on any atom is -0.504 e. The molecule has 0 radical (unpaired) electrons. The number of nitrogens with one attached hydrogen (secondary N) is 1. The van der Waals surface area contributed by atoms with Crippen molar-refractivity contribution in [1.82, 2.24) is 9.80 Å². The van der Waals surface area contributed by atoms with Crippen molar-refractivity contribution in [2.75, 3.05) is 38.1 Å². The number of hydrogen-bond acceptors (Lipinski definition) is 6. The van der Waals surface area contributed by atoms with Crippen molar-refractivity contribution in [3.05, 3.63) is 53.6 Å². The zero-order chi connectivity index (χ0) is 19.8. The largest absolute Gasteiger partial charge is 0.504 e. The van der Waals surface area contributed by atoms with Crippen LogP contribution < -0.4 is 10.1 Å². The van der Waals surface area contributed by atoms with E-state index in [1.54, 1.807) is 6.07 Å². The number of para-hydroxylation sites is 1. The standard InChI is InChI=1S/C23H28N4O2/c1-2-29-21-15-17(7-8-20(21)28)16-26-12-9-23(10-13-26)25-19-6-4-3-5-18(19)22-24-11-14-27(22)23/h3-8,15,25,28H,2,9-14,16H2,1H3. The first-order valence-electron chi connectivity index (χ1n) is 10.6. The van der Waals surface area contributed by atoms with E-state index < -0.39 is 0 Å². The lowest BCUT2D eigenvalue weighted by atomic mass is 9.90. The lowest BCUT2D eigenvalue weighted by molar-refractivity contribution is 0.0895. The molecule has 3 heterocycles. The van der Waals surface area contributed by atoms with Gasteiger partial charge in [-0.25, -0.2) is 0 Å². The van der Waals surface area contributed by atoms with Crippen molar-refractivity contribution < 1.29 is 9.84 Å². The molecule has 0 aromatic heterocycles. The van der Waals surface area contributed by atoms with E-state index in [9.17, 15) is 5.11 Å². The summed E-state index contributed by atoms with van der Waals surface area (Å²) in [5.41, 5.74) is 3.57. The number of anilines is 1. The highest BCUT2D eigenvalue weighted by Crippen LogP contribution is 2.39. The molecule has 6 nitrogen and oxygen atoms in total. The Balaban J connectivity index is 1.31. The predicted octanol–water partition coefficient (Wildman–Crippen LogP) is 3.27. The quantitative estimate of drug-likeness (QED) is 0.836. The van der Waals surface area contributed by atoms with Gasteiger partial charge in [0.25, 0.3) is 0 Å². The number of phenols is 1. The second kappa shape index (κ2) is 7.26. The minimum absolute atomic E-state index is 0.0361. The van der Waals surface area contributed by atoms with Gasteiger partial charge in [0.15, 0.2) is 11.5 Å². The first-order valence-corrected chi connectivity index (χ1v) is 10.6. The number of ether oxygens (including phenoxy) is 1. The van der Waals surface area contributed by atoms with Crippen LogP contribution in [0.15, 0.2) is 47.5 Å². The molecule has 0 atom stereocenters. The first-order chi connectivity index (χ1) is 14.2. The summed E-state index contributed by atoms with van der Waals surface area (Å²) in [5, 5.41) is 13.8. The zero-order valence-electron chi connectivity index (χ0n) is 16.9. The number of hydrogen-bond donors (Lipinski definition) is 2. The second-order valence-electron chi connectivity index (χ2n) is 8.07. The van der Waals surface area contributed by atoms with Gasteiger partial charge >= 0.3 is 0 Å². The highest BCUT2D eigenvalue weighted by atomic mass is 16.5. The Hall–Kier alpha value is -2.73. The van der Waals surface area contributed by atoms with E-state index in [0.717, 1.165) is 51.4 Å². The molecule has 0 amide bonds. The Bertz CT molecular complexity index is 934. The number of aliphatic imine (C=N–C) groups is 1. The number of likely N-dealkylation sites (tertiary alicyclic amines) is 1. The maximum Gasteiger partial charge on any atom is 0.161 e. The number of phenolic OH excluding ortho intramolecular Hbond substituents is 1. The molecule has 1 saturated heterocycles. The number of aromatic hydroxyl groups is 1. The Kier molecular flexibility index (Phi) is 4.59. The number of benzene rings is 2. The van der Waals surface area contributed by atoms with Crippen molar-refractivity contribution in [2.45, 2.75) is 32.0 Å². The summed E-state index contributed by atoms with van der Waals surface area (Å²) in [6.07, 6.45) is 2.10. The van der Waals surface area contributed by atoms with E-state index in [0.29, 0.717) is 12.4 Å². The van der Waals surface area contributed by atoms with Crippen LogP contribution in [0.4, 0.5) is 5.69 Å². The third kappa shape index (κ3) is 3.21. The average Bonchev–Trinajstić information content (AvgIpc) is 3.24. The van der Waals surface area contributed by atoms with Crippen molar-refractivity contribution in [3.63, 3.8) is 0 Å². The molecule has 29 heavy (non-hydrogen) atoms. The van der Waals surface area contributed by atoms with Gasteiger partial charge < -0.3 is 20.1 Å². The van der Waals surface area contributed by atoms with Crippen LogP contribution in [0.1, 0.15) is 30.9 Å². The van der Waals surface area contributed by atoms with E-state index in [4.69, 9.17) is 9.73 Å². The molecule has 1 spiro atoms. The monoisotopic (exact) mass is 392 g/mol. The number of rotatable bonds is 4. The summed E-state index contributed by atoms with van der Waals surface area (Å²) >= 11 is 0. The van der Waals surface area contributed by atoms with Crippen molar-refractivity contribution >= 4 is 11.5 Å². The molecule has 2 aromatic carbocycles. The van der Waals surface area contributed by atoms with Gasteiger partial charge in [-0.1, -0.05) is 18.2 Å². The van der Waals surface area contributed by atoms with Crippen molar-refractivity contribution in [3.8, 4) is 11.5 Å². The minimum atomic E-state index is -0.0361. The Morgan fingerprint density at radius 3 is 2.79 bits per heavy atom. The fraction of sp³-hybridized carbons (Fsp3) is 0.435. The van der Waals surface area contributed by atoms with Crippen molar-refractivity contribution in [2.24, 2.45) is 4.99 Å². The van der Waals surface area contributed by atoms with Gasteiger partial charge in [0.05, 0.1) is 13.2 Å². The summed E-state index contributed by atoms with van der Waals surface area (Å²) in [5.74, 6) is 1.94. The molecule has 6 heteroatoms.